The van der Waals surface area contributed by atoms with E-state index < -0.39 is 10.0 Å². The highest BCUT2D eigenvalue weighted by Gasteiger charge is 2.30. The van der Waals surface area contributed by atoms with Crippen LogP contribution in [0.3, 0.4) is 0 Å². The first-order valence-electron chi connectivity index (χ1n) is 6.84. The largest absolute Gasteiger partial charge is 0.374 e. The maximum atomic E-state index is 3.78. The SMILES string of the molecule is CCS(C)(C)C1Cc2ccc(C(C)(C)C)cc2N1. The smallest absolute Gasteiger partial charge is 0.0608 e. The molecule has 2 rings (SSSR count). The predicted octanol–water partition coefficient (Wildman–Crippen LogP) is 4.36. The van der Waals surface area contributed by atoms with Crippen molar-refractivity contribution in [3.8, 4) is 0 Å². The maximum Gasteiger partial charge on any atom is 0.0608 e. The first kappa shape index (κ1) is 13.8. The minimum absolute atomic E-state index is 0.238. The van der Waals surface area contributed by atoms with E-state index in [2.05, 4.69) is 63.7 Å². The van der Waals surface area contributed by atoms with Gasteiger partial charge in [0, 0.05) is 12.1 Å². The van der Waals surface area contributed by atoms with Crippen LogP contribution in [0.25, 0.3) is 0 Å². The molecule has 1 heterocycles. The maximum absolute atomic E-state index is 3.78. The quantitative estimate of drug-likeness (QED) is 0.837. The van der Waals surface area contributed by atoms with Crippen molar-refractivity contribution in [2.75, 3.05) is 23.6 Å². The minimum atomic E-state index is -0.525. The van der Waals surface area contributed by atoms with Crippen molar-refractivity contribution in [1.29, 1.82) is 0 Å². The Morgan fingerprint density at radius 1 is 1.28 bits per heavy atom. The molecule has 1 aliphatic heterocycles. The fraction of sp³-hybridized carbons (Fsp3) is 0.625. The van der Waals surface area contributed by atoms with Gasteiger partial charge in [-0.05, 0) is 40.9 Å². The Balaban J connectivity index is 2.26. The number of benzene rings is 1. The summed E-state index contributed by atoms with van der Waals surface area (Å²) in [6.45, 7) is 9.16. The lowest BCUT2D eigenvalue weighted by molar-refractivity contribution is 0.590. The lowest BCUT2D eigenvalue weighted by Gasteiger charge is -2.36. The molecule has 1 aliphatic rings. The normalized spacial score (nSPS) is 20.4. The molecular weight excluding hydrogens is 238 g/mol. The van der Waals surface area contributed by atoms with Gasteiger partial charge in [0.1, 0.15) is 0 Å². The molecule has 0 fully saturated rings. The molecule has 0 spiro atoms. The Morgan fingerprint density at radius 3 is 2.50 bits per heavy atom. The van der Waals surface area contributed by atoms with Gasteiger partial charge in [0.15, 0.2) is 0 Å². The minimum Gasteiger partial charge on any atom is -0.374 e. The average molecular weight is 265 g/mol. The second kappa shape index (κ2) is 4.48. The zero-order valence-corrected chi connectivity index (χ0v) is 13.4. The number of nitrogens with one attached hydrogen (secondary N) is 1. The van der Waals surface area contributed by atoms with Crippen LogP contribution in [0.1, 0.15) is 38.8 Å². The van der Waals surface area contributed by atoms with Crippen molar-refractivity contribution in [3.63, 3.8) is 0 Å². The Labute approximate surface area is 114 Å². The molecule has 0 aromatic heterocycles. The molecule has 0 aliphatic carbocycles. The van der Waals surface area contributed by atoms with Crippen molar-refractivity contribution in [2.24, 2.45) is 0 Å². The molecule has 1 N–H and O–H groups in total. The highest BCUT2D eigenvalue weighted by atomic mass is 32.3. The topological polar surface area (TPSA) is 12.0 Å². The van der Waals surface area contributed by atoms with Crippen LogP contribution in [-0.2, 0) is 11.8 Å². The molecule has 18 heavy (non-hydrogen) atoms. The fourth-order valence-corrected chi connectivity index (χ4v) is 3.84. The summed E-state index contributed by atoms with van der Waals surface area (Å²) >= 11 is 0. The number of rotatable bonds is 2. The number of fused-ring (bicyclic) bond motifs is 1. The number of hydrogen-bond donors (Lipinski definition) is 1. The van der Waals surface area contributed by atoms with E-state index in [1.165, 1.54) is 29.0 Å². The molecule has 1 unspecified atom stereocenters. The van der Waals surface area contributed by atoms with Crippen molar-refractivity contribution >= 4 is 15.7 Å². The molecule has 0 amide bonds. The molecule has 1 nitrogen and oxygen atoms in total. The summed E-state index contributed by atoms with van der Waals surface area (Å²) in [5.74, 6) is 1.30. The molecule has 0 saturated heterocycles. The fourth-order valence-electron chi connectivity index (χ4n) is 2.37. The lowest BCUT2D eigenvalue weighted by Crippen LogP contribution is -2.24. The predicted molar refractivity (Wildman–Crippen MR) is 86.2 cm³/mol. The van der Waals surface area contributed by atoms with E-state index >= 15 is 0 Å². The van der Waals surface area contributed by atoms with E-state index in [0.29, 0.717) is 5.37 Å². The van der Waals surface area contributed by atoms with E-state index in [9.17, 15) is 0 Å². The van der Waals surface area contributed by atoms with Gasteiger partial charge in [0.25, 0.3) is 0 Å². The van der Waals surface area contributed by atoms with Gasteiger partial charge in [-0.15, -0.1) is 0 Å². The Kier molecular flexibility index (Phi) is 3.44. The molecule has 102 valence electrons. The van der Waals surface area contributed by atoms with Crippen molar-refractivity contribution in [1.82, 2.24) is 0 Å². The van der Waals surface area contributed by atoms with Crippen LogP contribution in [-0.4, -0.2) is 23.6 Å². The third kappa shape index (κ3) is 2.54. The van der Waals surface area contributed by atoms with Crippen LogP contribution in [0.4, 0.5) is 5.69 Å². The van der Waals surface area contributed by atoms with Crippen LogP contribution in [0.2, 0.25) is 0 Å². The van der Waals surface area contributed by atoms with Crippen molar-refractivity contribution in [3.05, 3.63) is 29.3 Å². The summed E-state index contributed by atoms with van der Waals surface area (Å²) in [6, 6.07) is 6.99. The van der Waals surface area contributed by atoms with Gasteiger partial charge >= 0.3 is 0 Å². The summed E-state index contributed by atoms with van der Waals surface area (Å²) < 4.78 is 0. The van der Waals surface area contributed by atoms with E-state index in [4.69, 9.17) is 0 Å². The second-order valence-corrected chi connectivity index (χ2v) is 11.3. The standard InChI is InChI=1S/C16H27NS/c1-7-18(5,6)15-10-12-8-9-13(16(2,3)4)11-14(12)17-15/h8-9,11,15,17H,7,10H2,1-6H3. The van der Waals surface area contributed by atoms with E-state index in [1.54, 1.807) is 0 Å². The van der Waals surface area contributed by atoms with Crippen LogP contribution >= 0.6 is 10.0 Å². The van der Waals surface area contributed by atoms with Crippen LogP contribution < -0.4 is 5.32 Å². The first-order chi connectivity index (χ1) is 8.24. The first-order valence-corrected chi connectivity index (χ1v) is 9.52. The highest BCUT2D eigenvalue weighted by molar-refractivity contribution is 8.33. The molecule has 2 heteroatoms. The summed E-state index contributed by atoms with van der Waals surface area (Å²) in [7, 11) is -0.525. The third-order valence-electron chi connectivity index (χ3n) is 4.21. The number of hydrogen-bond acceptors (Lipinski definition) is 1. The third-order valence-corrected chi connectivity index (χ3v) is 7.52. The van der Waals surface area contributed by atoms with Gasteiger partial charge in [-0.1, -0.05) is 39.8 Å². The summed E-state index contributed by atoms with van der Waals surface area (Å²) in [5.41, 5.74) is 4.55. The Bertz CT molecular complexity index is 443. The van der Waals surface area contributed by atoms with Gasteiger partial charge in [0.2, 0.25) is 0 Å². The zero-order valence-electron chi connectivity index (χ0n) is 12.6. The van der Waals surface area contributed by atoms with Crippen molar-refractivity contribution in [2.45, 2.75) is 44.9 Å². The lowest BCUT2D eigenvalue weighted by atomic mass is 9.86. The molecular formula is C16H27NS. The molecule has 0 saturated carbocycles. The van der Waals surface area contributed by atoms with Gasteiger partial charge < -0.3 is 5.32 Å². The van der Waals surface area contributed by atoms with E-state index in [1.807, 2.05) is 0 Å². The van der Waals surface area contributed by atoms with Gasteiger partial charge in [0.05, 0.1) is 5.37 Å². The van der Waals surface area contributed by atoms with E-state index in [-0.39, 0.29) is 5.41 Å². The molecule has 1 atom stereocenters. The van der Waals surface area contributed by atoms with E-state index in [0.717, 1.165) is 0 Å². The average Bonchev–Trinajstić information content (AvgIpc) is 2.71. The number of anilines is 1. The molecule has 1 aromatic rings. The zero-order chi connectivity index (χ0) is 13.6. The highest BCUT2D eigenvalue weighted by Crippen LogP contribution is 2.49. The van der Waals surface area contributed by atoms with Gasteiger partial charge in [-0.2, -0.15) is 0 Å². The van der Waals surface area contributed by atoms with Crippen LogP contribution in [0.15, 0.2) is 18.2 Å². The van der Waals surface area contributed by atoms with Gasteiger partial charge in [-0.25, -0.2) is 10.0 Å². The molecule has 0 bridgehead atoms. The Hall–Kier alpha value is -0.630. The van der Waals surface area contributed by atoms with Crippen LogP contribution in [0.5, 0.6) is 0 Å². The molecule has 0 radical (unpaired) electrons. The Morgan fingerprint density at radius 2 is 1.94 bits per heavy atom. The summed E-state index contributed by atoms with van der Waals surface area (Å²) in [4.78, 5) is 0. The monoisotopic (exact) mass is 265 g/mol. The second-order valence-electron chi connectivity index (χ2n) is 6.87. The van der Waals surface area contributed by atoms with Crippen LogP contribution in [0, 0.1) is 0 Å². The van der Waals surface area contributed by atoms with Crippen molar-refractivity contribution < 1.29 is 0 Å². The van der Waals surface area contributed by atoms with Gasteiger partial charge in [-0.3, -0.25) is 0 Å². The molecule has 1 aromatic carbocycles. The summed E-state index contributed by atoms with van der Waals surface area (Å²) in [6.07, 6.45) is 6.10. The summed E-state index contributed by atoms with van der Waals surface area (Å²) in [5, 5.41) is 4.44.